The fourth-order valence-corrected chi connectivity index (χ4v) is 2.85. The Bertz CT molecular complexity index is 732. The normalized spacial score (nSPS) is 15.8. The van der Waals surface area contributed by atoms with E-state index in [1.54, 1.807) is 28.8 Å². The molecule has 1 amide bonds. The molecule has 1 fully saturated rings. The fourth-order valence-electron chi connectivity index (χ4n) is 2.85. The lowest BCUT2D eigenvalue weighted by Crippen LogP contribution is -2.48. The van der Waals surface area contributed by atoms with Gasteiger partial charge in [-0.3, -0.25) is 14.4 Å². The molecule has 24 heavy (non-hydrogen) atoms. The second-order valence-corrected chi connectivity index (χ2v) is 6.08. The third-order valence-electron chi connectivity index (χ3n) is 4.42. The van der Waals surface area contributed by atoms with Crippen LogP contribution in [0.3, 0.4) is 0 Å². The summed E-state index contributed by atoms with van der Waals surface area (Å²) in [6.07, 6.45) is 0. The van der Waals surface area contributed by atoms with Crippen LogP contribution in [-0.2, 0) is 13.6 Å². The molecule has 1 aromatic carbocycles. The molecule has 0 radical (unpaired) electrons. The van der Waals surface area contributed by atoms with Gasteiger partial charge < -0.3 is 4.90 Å². The van der Waals surface area contributed by atoms with Crippen molar-refractivity contribution in [2.45, 2.75) is 13.5 Å². The second kappa shape index (κ2) is 6.68. The van der Waals surface area contributed by atoms with Crippen molar-refractivity contribution in [2.24, 2.45) is 7.05 Å². The van der Waals surface area contributed by atoms with Crippen molar-refractivity contribution in [1.29, 1.82) is 0 Å². The zero-order valence-electron chi connectivity index (χ0n) is 13.8. The monoisotopic (exact) mass is 334 g/mol. The molecule has 1 aliphatic rings. The van der Waals surface area contributed by atoms with Gasteiger partial charge in [0.1, 0.15) is 0 Å². The van der Waals surface area contributed by atoms with Crippen LogP contribution in [0.15, 0.2) is 24.3 Å². The number of amides is 1. The second-order valence-electron chi connectivity index (χ2n) is 6.08. The van der Waals surface area contributed by atoms with Crippen molar-refractivity contribution in [1.82, 2.24) is 19.6 Å². The molecule has 0 bridgehead atoms. The molecule has 1 saturated heterocycles. The van der Waals surface area contributed by atoms with Gasteiger partial charge in [-0.1, -0.05) is 12.1 Å². The maximum Gasteiger partial charge on any atom is 0.274 e. The lowest BCUT2D eigenvalue weighted by molar-refractivity contribution is 0.0620. The SMILES string of the molecule is Cc1cc(C(=O)N2CCN(Cc3cccc(F)c3F)CC2)nn1C. The maximum absolute atomic E-state index is 13.7. The van der Waals surface area contributed by atoms with Crippen LogP contribution in [0.5, 0.6) is 0 Å². The minimum atomic E-state index is -0.827. The first-order chi connectivity index (χ1) is 11.5. The number of hydrogen-bond donors (Lipinski definition) is 0. The molecule has 5 nitrogen and oxygen atoms in total. The third kappa shape index (κ3) is 3.31. The van der Waals surface area contributed by atoms with Gasteiger partial charge in [-0.2, -0.15) is 5.10 Å². The molecule has 3 rings (SSSR count). The minimum absolute atomic E-state index is 0.0877. The molecule has 2 heterocycles. The van der Waals surface area contributed by atoms with Gasteiger partial charge in [0.25, 0.3) is 5.91 Å². The summed E-state index contributed by atoms with van der Waals surface area (Å²) in [6, 6.07) is 5.99. The fraction of sp³-hybridized carbons (Fsp3) is 0.412. The zero-order chi connectivity index (χ0) is 17.3. The Morgan fingerprint density at radius 2 is 1.92 bits per heavy atom. The van der Waals surface area contributed by atoms with Gasteiger partial charge in [-0.25, -0.2) is 8.78 Å². The van der Waals surface area contributed by atoms with E-state index in [2.05, 4.69) is 5.10 Å². The molecule has 1 aromatic heterocycles. The molecule has 0 N–H and O–H groups in total. The first-order valence-corrected chi connectivity index (χ1v) is 7.91. The first kappa shape index (κ1) is 16.6. The summed E-state index contributed by atoms with van der Waals surface area (Å²) in [7, 11) is 1.80. The lowest BCUT2D eigenvalue weighted by atomic mass is 10.1. The summed E-state index contributed by atoms with van der Waals surface area (Å²) in [6.45, 7) is 4.57. The largest absolute Gasteiger partial charge is 0.335 e. The Hall–Kier alpha value is -2.28. The Kier molecular flexibility index (Phi) is 4.62. The van der Waals surface area contributed by atoms with Gasteiger partial charge in [0, 0.05) is 51.0 Å². The highest BCUT2D eigenvalue weighted by Gasteiger charge is 2.24. The van der Waals surface area contributed by atoms with E-state index in [0.29, 0.717) is 44.0 Å². The minimum Gasteiger partial charge on any atom is -0.335 e. The average molecular weight is 334 g/mol. The summed E-state index contributed by atoms with van der Waals surface area (Å²) in [5.74, 6) is -1.71. The van der Waals surface area contributed by atoms with Crippen LogP contribution < -0.4 is 0 Å². The highest BCUT2D eigenvalue weighted by Crippen LogP contribution is 2.16. The van der Waals surface area contributed by atoms with E-state index in [4.69, 9.17) is 0 Å². The van der Waals surface area contributed by atoms with Gasteiger partial charge >= 0.3 is 0 Å². The van der Waals surface area contributed by atoms with Gasteiger partial charge in [-0.05, 0) is 19.1 Å². The number of carbonyl (C=O) groups excluding carboxylic acids is 1. The molecule has 0 saturated carbocycles. The predicted molar refractivity (Wildman–Crippen MR) is 85.5 cm³/mol. The number of halogens is 2. The van der Waals surface area contributed by atoms with Crippen LogP contribution in [0.2, 0.25) is 0 Å². The van der Waals surface area contributed by atoms with Crippen LogP contribution >= 0.6 is 0 Å². The molecule has 0 atom stereocenters. The third-order valence-corrected chi connectivity index (χ3v) is 4.42. The van der Waals surface area contributed by atoms with Crippen molar-refractivity contribution in [3.63, 3.8) is 0 Å². The van der Waals surface area contributed by atoms with E-state index >= 15 is 0 Å². The van der Waals surface area contributed by atoms with Crippen LogP contribution in [0.25, 0.3) is 0 Å². The van der Waals surface area contributed by atoms with Crippen molar-refractivity contribution in [3.05, 3.63) is 52.9 Å². The number of piperazine rings is 1. The highest BCUT2D eigenvalue weighted by atomic mass is 19.2. The molecule has 128 valence electrons. The van der Waals surface area contributed by atoms with Gasteiger partial charge in [0.15, 0.2) is 17.3 Å². The molecule has 0 aliphatic carbocycles. The van der Waals surface area contributed by atoms with E-state index in [9.17, 15) is 13.6 Å². The van der Waals surface area contributed by atoms with Crippen molar-refractivity contribution in [3.8, 4) is 0 Å². The summed E-state index contributed by atoms with van der Waals surface area (Å²) in [5, 5.41) is 4.21. The summed E-state index contributed by atoms with van der Waals surface area (Å²) in [5.41, 5.74) is 1.72. The number of hydrogen-bond acceptors (Lipinski definition) is 3. The molecule has 0 unspecified atom stereocenters. The predicted octanol–water partition coefficient (Wildman–Crippen LogP) is 1.96. The van der Waals surface area contributed by atoms with Crippen molar-refractivity contribution < 1.29 is 13.6 Å². The number of rotatable bonds is 3. The van der Waals surface area contributed by atoms with E-state index < -0.39 is 11.6 Å². The molecular weight excluding hydrogens is 314 g/mol. The quantitative estimate of drug-likeness (QED) is 0.862. The van der Waals surface area contributed by atoms with Crippen LogP contribution in [-0.4, -0.2) is 51.7 Å². The first-order valence-electron chi connectivity index (χ1n) is 7.91. The van der Waals surface area contributed by atoms with Gasteiger partial charge in [0.2, 0.25) is 0 Å². The zero-order valence-corrected chi connectivity index (χ0v) is 13.8. The molecule has 7 heteroatoms. The maximum atomic E-state index is 13.7. The molecule has 0 spiro atoms. The number of benzene rings is 1. The van der Waals surface area contributed by atoms with Crippen LogP contribution in [0.1, 0.15) is 21.7 Å². The standard InChI is InChI=1S/C17H20F2N4O/c1-12-10-15(20-21(12)2)17(24)23-8-6-22(7-9-23)11-13-4-3-5-14(18)16(13)19/h3-5,10H,6-9,11H2,1-2H3. The molecular formula is C17H20F2N4O. The van der Waals surface area contributed by atoms with E-state index in [1.807, 2.05) is 11.8 Å². The summed E-state index contributed by atoms with van der Waals surface area (Å²) < 4.78 is 28.7. The number of carbonyl (C=O) groups is 1. The van der Waals surface area contributed by atoms with E-state index in [-0.39, 0.29) is 5.91 Å². The number of aromatic nitrogens is 2. The van der Waals surface area contributed by atoms with Gasteiger partial charge in [0.05, 0.1) is 0 Å². The number of nitrogens with zero attached hydrogens (tertiary/aromatic N) is 4. The van der Waals surface area contributed by atoms with Crippen LogP contribution in [0, 0.1) is 18.6 Å². The summed E-state index contributed by atoms with van der Waals surface area (Å²) in [4.78, 5) is 16.2. The Labute approximate surface area is 139 Å². The van der Waals surface area contributed by atoms with Crippen LogP contribution in [0.4, 0.5) is 8.78 Å². The van der Waals surface area contributed by atoms with Gasteiger partial charge in [-0.15, -0.1) is 0 Å². The Morgan fingerprint density at radius 1 is 1.21 bits per heavy atom. The van der Waals surface area contributed by atoms with Crippen molar-refractivity contribution in [2.75, 3.05) is 26.2 Å². The van der Waals surface area contributed by atoms with E-state index in [0.717, 1.165) is 11.8 Å². The smallest absolute Gasteiger partial charge is 0.274 e. The molecule has 2 aromatic rings. The Balaban J connectivity index is 1.59. The summed E-state index contributed by atoms with van der Waals surface area (Å²) >= 11 is 0. The molecule has 1 aliphatic heterocycles. The Morgan fingerprint density at radius 3 is 2.54 bits per heavy atom. The lowest BCUT2D eigenvalue weighted by Gasteiger charge is -2.34. The topological polar surface area (TPSA) is 41.4 Å². The van der Waals surface area contributed by atoms with Crippen molar-refractivity contribution >= 4 is 5.91 Å². The van der Waals surface area contributed by atoms with E-state index in [1.165, 1.54) is 6.07 Å². The number of aryl methyl sites for hydroxylation is 2. The average Bonchev–Trinajstić information content (AvgIpc) is 2.91. The highest BCUT2D eigenvalue weighted by molar-refractivity contribution is 5.92.